The van der Waals surface area contributed by atoms with Crippen LogP contribution in [-0.4, -0.2) is 15.4 Å². The number of aromatic nitrogens is 1. The van der Waals surface area contributed by atoms with E-state index in [4.69, 9.17) is 6.42 Å². The number of hydrogen-bond donors (Lipinski definition) is 0. The van der Waals surface area contributed by atoms with Crippen molar-refractivity contribution in [2.75, 3.05) is 0 Å². The van der Waals surface area contributed by atoms with Gasteiger partial charge in [0.1, 0.15) is 0 Å². The minimum absolute atomic E-state index is 0.0114. The highest BCUT2D eigenvalue weighted by atomic mass is 32.1. The van der Waals surface area contributed by atoms with E-state index in [1.54, 1.807) is 28.1 Å². The van der Waals surface area contributed by atoms with Crippen molar-refractivity contribution >= 4 is 44.5 Å². The van der Waals surface area contributed by atoms with Crippen LogP contribution in [0.3, 0.4) is 0 Å². The zero-order valence-corrected chi connectivity index (χ0v) is 13.3. The van der Waals surface area contributed by atoms with E-state index in [1.165, 1.54) is 34.8 Å². The average Bonchev–Trinajstić information content (AvgIpc) is 3.16. The smallest absolute Gasteiger partial charge is 0.289 e. The highest BCUT2D eigenvalue weighted by Crippen LogP contribution is 2.23. The third-order valence-electron chi connectivity index (χ3n) is 3.06. The van der Waals surface area contributed by atoms with Crippen LogP contribution in [0.1, 0.15) is 9.67 Å². The standard InChI is InChI=1S/C15H9N3O3S2/c1-2-7-17-11-6-5-10(18(20)21)9-13(11)23-15(17)16-14(19)12-4-3-8-22-12/h1,3-6,8-9H,7H2. The highest BCUT2D eigenvalue weighted by Gasteiger charge is 2.13. The van der Waals surface area contributed by atoms with Gasteiger partial charge in [0, 0.05) is 12.1 Å². The Morgan fingerprint density at radius 1 is 1.43 bits per heavy atom. The van der Waals surface area contributed by atoms with E-state index in [-0.39, 0.29) is 18.1 Å². The van der Waals surface area contributed by atoms with Crippen LogP contribution in [0.15, 0.2) is 40.7 Å². The molecule has 0 saturated heterocycles. The maximum atomic E-state index is 12.2. The quantitative estimate of drug-likeness (QED) is 0.416. The molecule has 0 aliphatic carbocycles. The van der Waals surface area contributed by atoms with E-state index in [0.29, 0.717) is 14.4 Å². The summed E-state index contributed by atoms with van der Waals surface area (Å²) in [6.07, 6.45) is 5.38. The van der Waals surface area contributed by atoms with Gasteiger partial charge in [-0.15, -0.1) is 17.8 Å². The number of fused-ring (bicyclic) bond motifs is 1. The van der Waals surface area contributed by atoms with E-state index in [9.17, 15) is 14.9 Å². The topological polar surface area (TPSA) is 77.5 Å². The first-order valence-corrected chi connectivity index (χ1v) is 8.13. The summed E-state index contributed by atoms with van der Waals surface area (Å²) in [5, 5.41) is 12.7. The molecule has 0 radical (unpaired) electrons. The van der Waals surface area contributed by atoms with Gasteiger partial charge in [0.25, 0.3) is 11.6 Å². The maximum Gasteiger partial charge on any atom is 0.289 e. The Kier molecular flexibility index (Phi) is 4.06. The summed E-state index contributed by atoms with van der Waals surface area (Å²) in [6, 6.07) is 7.96. The Balaban J connectivity index is 2.19. The Labute approximate surface area is 138 Å². The summed E-state index contributed by atoms with van der Waals surface area (Å²) in [5.41, 5.74) is 0.707. The molecular formula is C15H9N3O3S2. The first-order chi connectivity index (χ1) is 11.1. The largest absolute Gasteiger partial charge is 0.305 e. The number of hydrogen-bond acceptors (Lipinski definition) is 5. The molecule has 0 unspecified atom stereocenters. The van der Waals surface area contributed by atoms with Gasteiger partial charge in [-0.05, 0) is 17.5 Å². The lowest BCUT2D eigenvalue weighted by Crippen LogP contribution is -2.16. The third kappa shape index (κ3) is 2.92. The van der Waals surface area contributed by atoms with Gasteiger partial charge < -0.3 is 4.57 Å². The number of thiophene rings is 1. The number of carbonyl (C=O) groups excluding carboxylic acids is 1. The number of nitro benzene ring substituents is 1. The Hall–Kier alpha value is -2.76. The Morgan fingerprint density at radius 2 is 2.26 bits per heavy atom. The second-order valence-corrected chi connectivity index (χ2v) is 6.44. The first-order valence-electron chi connectivity index (χ1n) is 6.44. The molecule has 3 rings (SSSR count). The molecular weight excluding hydrogens is 334 g/mol. The highest BCUT2D eigenvalue weighted by molar-refractivity contribution is 7.16. The predicted octanol–water partition coefficient (Wildman–Crippen LogP) is 3.05. The second kappa shape index (κ2) is 6.16. The Bertz CT molecular complexity index is 1010. The molecule has 0 N–H and O–H groups in total. The van der Waals surface area contributed by atoms with Gasteiger partial charge in [-0.3, -0.25) is 14.9 Å². The zero-order valence-electron chi connectivity index (χ0n) is 11.6. The fraction of sp³-hybridized carbons (Fsp3) is 0.0667. The number of benzene rings is 1. The van der Waals surface area contributed by atoms with Crippen LogP contribution < -0.4 is 4.80 Å². The molecule has 0 bridgehead atoms. The molecule has 0 atom stereocenters. The summed E-state index contributed by atoms with van der Waals surface area (Å²) in [6.45, 7) is 0.231. The molecule has 8 heteroatoms. The molecule has 0 fully saturated rings. The summed E-state index contributed by atoms with van der Waals surface area (Å²) in [5.74, 6) is 2.16. The number of rotatable bonds is 3. The molecule has 0 aliphatic rings. The van der Waals surface area contributed by atoms with E-state index in [0.717, 1.165) is 5.52 Å². The van der Waals surface area contributed by atoms with E-state index in [1.807, 2.05) is 0 Å². The molecule has 0 spiro atoms. The van der Waals surface area contributed by atoms with Crippen LogP contribution >= 0.6 is 22.7 Å². The van der Waals surface area contributed by atoms with Crippen molar-refractivity contribution < 1.29 is 9.72 Å². The normalized spacial score (nSPS) is 11.5. The zero-order chi connectivity index (χ0) is 16.4. The molecule has 1 amide bonds. The summed E-state index contributed by atoms with van der Waals surface area (Å²) in [4.78, 5) is 27.7. The van der Waals surface area contributed by atoms with Crippen LogP contribution in [-0.2, 0) is 6.54 Å². The van der Waals surface area contributed by atoms with Crippen LogP contribution in [0.4, 0.5) is 5.69 Å². The van der Waals surface area contributed by atoms with Crippen molar-refractivity contribution in [2.24, 2.45) is 4.99 Å². The van der Waals surface area contributed by atoms with Gasteiger partial charge in [0.15, 0.2) is 4.80 Å². The van der Waals surface area contributed by atoms with E-state index in [2.05, 4.69) is 10.9 Å². The summed E-state index contributed by atoms with van der Waals surface area (Å²) in [7, 11) is 0. The number of thiazole rings is 1. The predicted molar refractivity (Wildman–Crippen MR) is 89.5 cm³/mol. The second-order valence-electron chi connectivity index (χ2n) is 4.48. The summed E-state index contributed by atoms with van der Waals surface area (Å²) >= 11 is 2.51. The lowest BCUT2D eigenvalue weighted by molar-refractivity contribution is -0.384. The van der Waals surface area contributed by atoms with Crippen LogP contribution in [0.25, 0.3) is 10.2 Å². The van der Waals surface area contributed by atoms with Crippen molar-refractivity contribution in [2.45, 2.75) is 6.54 Å². The van der Waals surface area contributed by atoms with Crippen LogP contribution in [0, 0.1) is 22.5 Å². The van der Waals surface area contributed by atoms with E-state index < -0.39 is 4.92 Å². The molecule has 2 aromatic heterocycles. The molecule has 114 valence electrons. The number of carbonyl (C=O) groups is 1. The van der Waals surface area contributed by atoms with Gasteiger partial charge in [-0.1, -0.05) is 23.3 Å². The molecule has 23 heavy (non-hydrogen) atoms. The Morgan fingerprint density at radius 3 is 2.91 bits per heavy atom. The molecule has 2 heterocycles. The minimum Gasteiger partial charge on any atom is -0.305 e. The van der Waals surface area contributed by atoms with Crippen molar-refractivity contribution in [1.82, 2.24) is 4.57 Å². The fourth-order valence-corrected chi connectivity index (χ4v) is 3.72. The van der Waals surface area contributed by atoms with Gasteiger partial charge >= 0.3 is 0 Å². The number of terminal acetylenes is 1. The minimum atomic E-state index is -0.460. The maximum absolute atomic E-state index is 12.2. The van der Waals surface area contributed by atoms with Crippen molar-refractivity contribution in [1.29, 1.82) is 0 Å². The SMILES string of the molecule is C#CCn1c(=NC(=O)c2cccs2)sc2cc([N+](=O)[O-])ccc21. The van der Waals surface area contributed by atoms with E-state index >= 15 is 0 Å². The molecule has 6 nitrogen and oxygen atoms in total. The molecule has 1 aromatic carbocycles. The van der Waals surface area contributed by atoms with Gasteiger partial charge in [0.2, 0.25) is 0 Å². The van der Waals surface area contributed by atoms with Crippen LogP contribution in [0.5, 0.6) is 0 Å². The molecule has 3 aromatic rings. The third-order valence-corrected chi connectivity index (χ3v) is 4.95. The van der Waals surface area contributed by atoms with Gasteiger partial charge in [-0.25, -0.2) is 0 Å². The number of nitro groups is 1. The van der Waals surface area contributed by atoms with Gasteiger partial charge in [0.05, 0.1) is 26.6 Å². The van der Waals surface area contributed by atoms with Crippen molar-refractivity contribution in [3.05, 3.63) is 55.5 Å². The fourth-order valence-electron chi connectivity index (χ4n) is 2.05. The van der Waals surface area contributed by atoms with Gasteiger partial charge in [-0.2, -0.15) is 4.99 Å². The number of amides is 1. The number of nitrogens with zero attached hydrogens (tertiary/aromatic N) is 3. The number of non-ortho nitro benzene ring substituents is 1. The lowest BCUT2D eigenvalue weighted by atomic mass is 10.3. The lowest BCUT2D eigenvalue weighted by Gasteiger charge is -1.99. The monoisotopic (exact) mass is 343 g/mol. The van der Waals surface area contributed by atoms with Crippen molar-refractivity contribution in [3.8, 4) is 12.3 Å². The first kappa shape index (κ1) is 15.1. The molecule has 0 aliphatic heterocycles. The van der Waals surface area contributed by atoms with Crippen molar-refractivity contribution in [3.63, 3.8) is 0 Å². The average molecular weight is 343 g/mol. The summed E-state index contributed by atoms with van der Waals surface area (Å²) < 4.78 is 2.36. The van der Waals surface area contributed by atoms with Crippen LogP contribution in [0.2, 0.25) is 0 Å². The molecule has 0 saturated carbocycles.